The Hall–Kier alpha value is -2.30. The maximum atomic E-state index is 11.8. The van der Waals surface area contributed by atoms with Gasteiger partial charge in [0.05, 0.1) is 19.8 Å². The summed E-state index contributed by atoms with van der Waals surface area (Å²) in [6, 6.07) is 6.49. The Morgan fingerprint density at radius 2 is 1.68 bits per heavy atom. The topological polar surface area (TPSA) is 167 Å². The number of unbranched alkanes of at least 4 members (excludes halogenated alkanes) is 8. The molecule has 1 heterocycles. The first-order valence-electron chi connectivity index (χ1n) is 13.4. The average Bonchev–Trinajstić information content (AvgIpc) is 3.35. The molecule has 0 aliphatic carbocycles. The van der Waals surface area contributed by atoms with Crippen LogP contribution in [-0.2, 0) is 37.7 Å². The van der Waals surface area contributed by atoms with Crippen LogP contribution in [0.1, 0.15) is 82.0 Å². The minimum absolute atomic E-state index is 0.112. The zero-order valence-corrected chi connectivity index (χ0v) is 23.2. The molecule has 0 radical (unpaired) electrons. The molecule has 0 saturated carbocycles. The van der Waals surface area contributed by atoms with Gasteiger partial charge in [0.15, 0.2) is 5.82 Å². The van der Waals surface area contributed by atoms with Crippen LogP contribution in [-0.4, -0.2) is 52.0 Å². The van der Waals surface area contributed by atoms with Crippen LogP contribution >= 0.6 is 7.82 Å². The highest BCUT2D eigenvalue weighted by molar-refractivity contribution is 7.47. The van der Waals surface area contributed by atoms with Crippen molar-refractivity contribution in [2.24, 2.45) is 5.73 Å². The fraction of sp³-hybridized carbons (Fsp3) is 0.654. The van der Waals surface area contributed by atoms with Crippen LogP contribution in [0.15, 0.2) is 28.8 Å². The van der Waals surface area contributed by atoms with Crippen molar-refractivity contribution >= 4 is 13.8 Å². The number of carbonyl (C=O) groups is 1. The Balaban J connectivity index is 1.66. The van der Waals surface area contributed by atoms with Crippen LogP contribution in [0.2, 0.25) is 0 Å². The van der Waals surface area contributed by atoms with Gasteiger partial charge in [-0.2, -0.15) is 4.98 Å². The second kappa shape index (κ2) is 18.1. The van der Waals surface area contributed by atoms with Crippen LogP contribution in [0.5, 0.6) is 5.75 Å². The molecule has 38 heavy (non-hydrogen) atoms. The van der Waals surface area contributed by atoms with Gasteiger partial charge in [-0.05, 0) is 24.5 Å². The molecule has 11 nitrogen and oxygen atoms in total. The molecule has 0 aliphatic rings. The number of aliphatic carboxylic acids is 1. The molecule has 1 unspecified atom stereocenters. The quantitative estimate of drug-likeness (QED) is 0.134. The number of aromatic nitrogens is 2. The van der Waals surface area contributed by atoms with Crippen LogP contribution in [0.3, 0.4) is 0 Å². The molecule has 2 atom stereocenters. The molecule has 0 fully saturated rings. The summed E-state index contributed by atoms with van der Waals surface area (Å²) in [5, 5.41) is 12.6. The molecule has 0 saturated heterocycles. The average molecular weight is 556 g/mol. The van der Waals surface area contributed by atoms with E-state index < -0.39 is 26.4 Å². The van der Waals surface area contributed by atoms with Gasteiger partial charge in [-0.1, -0.05) is 81.6 Å². The molecular weight excluding hydrogens is 513 g/mol. The molecule has 2 aromatic rings. The highest BCUT2D eigenvalue weighted by Crippen LogP contribution is 2.43. The fourth-order valence-corrected chi connectivity index (χ4v) is 4.46. The predicted octanol–water partition coefficient (Wildman–Crippen LogP) is 4.85. The summed E-state index contributed by atoms with van der Waals surface area (Å²) < 4.78 is 32.5. The standard InChI is InChI=1S/C26H42N3O8P/c1-2-3-4-5-6-7-8-9-12-18-34-23-14-11-10-13-21(23)15-16-25-28-24(29-37-25)17-19-35-38(32,33)36-20-22(27)26(30)31/h10-11,13-14,22H,2-9,12,15-20,27H2,1H3,(H,30,31)(H,32,33)/t22-/m0/s1. The maximum Gasteiger partial charge on any atom is 0.472 e. The number of aryl methyl sites for hydroxylation is 2. The van der Waals surface area contributed by atoms with E-state index in [1.54, 1.807) is 0 Å². The van der Waals surface area contributed by atoms with E-state index in [2.05, 4.69) is 21.6 Å². The van der Waals surface area contributed by atoms with Crippen molar-refractivity contribution in [3.63, 3.8) is 0 Å². The van der Waals surface area contributed by atoms with Gasteiger partial charge in [-0.25, -0.2) is 4.57 Å². The first-order valence-corrected chi connectivity index (χ1v) is 14.9. The number of ether oxygens (including phenoxy) is 1. The lowest BCUT2D eigenvalue weighted by atomic mass is 10.1. The second-order valence-electron chi connectivity index (χ2n) is 9.18. The van der Waals surface area contributed by atoms with Gasteiger partial charge in [0.25, 0.3) is 0 Å². The first kappa shape index (κ1) is 31.9. The van der Waals surface area contributed by atoms with Gasteiger partial charge in [-0.15, -0.1) is 0 Å². The van der Waals surface area contributed by atoms with Gasteiger partial charge in [-0.3, -0.25) is 13.8 Å². The monoisotopic (exact) mass is 555 g/mol. The minimum atomic E-state index is -4.44. The van der Waals surface area contributed by atoms with Crippen molar-refractivity contribution in [2.45, 2.75) is 90.0 Å². The molecule has 4 N–H and O–H groups in total. The zero-order valence-electron chi connectivity index (χ0n) is 22.3. The van der Waals surface area contributed by atoms with Crippen molar-refractivity contribution in [3.05, 3.63) is 41.5 Å². The molecule has 2 rings (SSSR count). The minimum Gasteiger partial charge on any atom is -0.493 e. The van der Waals surface area contributed by atoms with Crippen molar-refractivity contribution in [2.75, 3.05) is 19.8 Å². The van der Waals surface area contributed by atoms with Crippen LogP contribution < -0.4 is 10.5 Å². The summed E-state index contributed by atoms with van der Waals surface area (Å²) in [5.41, 5.74) is 6.29. The normalized spacial score (nSPS) is 13.8. The highest BCUT2D eigenvalue weighted by atomic mass is 31.2. The number of rotatable bonds is 22. The number of carboxylic acid groups (broad SMARTS) is 1. The molecule has 1 aromatic heterocycles. The number of benzene rings is 1. The van der Waals surface area contributed by atoms with Gasteiger partial charge >= 0.3 is 13.8 Å². The zero-order chi connectivity index (χ0) is 27.6. The van der Waals surface area contributed by atoms with E-state index in [1.807, 2.05) is 24.3 Å². The molecule has 214 valence electrons. The number of hydrogen-bond donors (Lipinski definition) is 3. The molecule has 0 aliphatic heterocycles. The van der Waals surface area contributed by atoms with Crippen LogP contribution in [0.25, 0.3) is 0 Å². The lowest BCUT2D eigenvalue weighted by Gasteiger charge is -2.13. The molecule has 0 bridgehead atoms. The molecule has 0 spiro atoms. The number of carboxylic acids is 1. The third kappa shape index (κ3) is 13.5. The van der Waals surface area contributed by atoms with E-state index in [9.17, 15) is 14.3 Å². The number of phosphoric ester groups is 1. The van der Waals surface area contributed by atoms with E-state index in [0.29, 0.717) is 31.2 Å². The van der Waals surface area contributed by atoms with Gasteiger partial charge < -0.3 is 25.0 Å². The number of nitrogens with two attached hydrogens (primary N) is 1. The third-order valence-corrected chi connectivity index (χ3v) is 6.90. The molecule has 12 heteroatoms. The van der Waals surface area contributed by atoms with Gasteiger partial charge in [0.1, 0.15) is 11.8 Å². The lowest BCUT2D eigenvalue weighted by Crippen LogP contribution is -2.34. The van der Waals surface area contributed by atoms with Gasteiger partial charge in [0.2, 0.25) is 5.89 Å². The van der Waals surface area contributed by atoms with E-state index in [1.165, 1.54) is 51.4 Å². The van der Waals surface area contributed by atoms with E-state index in [0.717, 1.165) is 17.7 Å². The smallest absolute Gasteiger partial charge is 0.472 e. The Morgan fingerprint density at radius 1 is 1.00 bits per heavy atom. The van der Waals surface area contributed by atoms with Crippen molar-refractivity contribution in [1.82, 2.24) is 10.1 Å². The summed E-state index contributed by atoms with van der Waals surface area (Å²) >= 11 is 0. The maximum absolute atomic E-state index is 11.8. The number of hydrogen-bond acceptors (Lipinski definition) is 9. The number of para-hydroxylation sites is 1. The Labute approximate surface area is 224 Å². The van der Waals surface area contributed by atoms with Crippen molar-refractivity contribution in [3.8, 4) is 5.75 Å². The number of phosphoric acid groups is 1. The Bertz CT molecular complexity index is 987. The molecular formula is C26H42N3O8P. The summed E-state index contributed by atoms with van der Waals surface area (Å²) in [6.45, 7) is 2.06. The summed E-state index contributed by atoms with van der Waals surface area (Å²) in [5.74, 6) is 0.264. The third-order valence-electron chi connectivity index (χ3n) is 5.91. The fourth-order valence-electron chi connectivity index (χ4n) is 3.72. The summed E-state index contributed by atoms with van der Waals surface area (Å²) in [4.78, 5) is 24.5. The van der Waals surface area contributed by atoms with Crippen molar-refractivity contribution < 1.29 is 37.7 Å². The van der Waals surface area contributed by atoms with Gasteiger partial charge in [0, 0.05) is 12.8 Å². The lowest BCUT2D eigenvalue weighted by molar-refractivity contribution is -0.139. The highest BCUT2D eigenvalue weighted by Gasteiger charge is 2.24. The SMILES string of the molecule is CCCCCCCCCCCOc1ccccc1CCc1nc(CCOP(=O)(O)OC[C@H](N)C(=O)O)no1. The predicted molar refractivity (Wildman–Crippen MR) is 142 cm³/mol. The second-order valence-corrected chi connectivity index (χ2v) is 10.6. The Morgan fingerprint density at radius 3 is 2.39 bits per heavy atom. The van der Waals surface area contributed by atoms with Crippen LogP contribution in [0, 0.1) is 0 Å². The first-order chi connectivity index (χ1) is 18.3. The summed E-state index contributed by atoms with van der Waals surface area (Å²) in [6.07, 6.45) is 12.7. The molecule has 0 amide bonds. The summed E-state index contributed by atoms with van der Waals surface area (Å²) in [7, 11) is -4.44. The van der Waals surface area contributed by atoms with E-state index in [4.69, 9.17) is 24.6 Å². The largest absolute Gasteiger partial charge is 0.493 e. The number of nitrogens with zero attached hydrogens (tertiary/aromatic N) is 2. The van der Waals surface area contributed by atoms with Crippen LogP contribution in [0.4, 0.5) is 0 Å². The molecule has 1 aromatic carbocycles. The Kier molecular flexibility index (Phi) is 15.2. The van der Waals surface area contributed by atoms with E-state index >= 15 is 0 Å². The van der Waals surface area contributed by atoms with Crippen molar-refractivity contribution in [1.29, 1.82) is 0 Å². The van der Waals surface area contributed by atoms with E-state index in [-0.39, 0.29) is 13.0 Å².